The third-order valence-electron chi connectivity index (χ3n) is 6.58. The van der Waals surface area contributed by atoms with E-state index in [2.05, 4.69) is 49.7 Å². The van der Waals surface area contributed by atoms with Crippen LogP contribution >= 0.6 is 0 Å². The zero-order valence-corrected chi connectivity index (χ0v) is 22.1. The molecule has 1 aliphatic carbocycles. The largest absolute Gasteiger partial charge is 0.393 e. The van der Waals surface area contributed by atoms with E-state index in [-0.39, 0.29) is 12.1 Å². The van der Waals surface area contributed by atoms with E-state index in [0.717, 1.165) is 78.4 Å². The van der Waals surface area contributed by atoms with Crippen LogP contribution in [0.15, 0.2) is 73.2 Å². The Morgan fingerprint density at radius 3 is 2.51 bits per heavy atom. The molecule has 1 saturated carbocycles. The highest BCUT2D eigenvalue weighted by Gasteiger charge is 2.21. The van der Waals surface area contributed by atoms with Crippen LogP contribution in [0.5, 0.6) is 0 Å². The molecule has 4 aromatic rings. The van der Waals surface area contributed by atoms with E-state index in [9.17, 15) is 5.11 Å². The Bertz CT molecular complexity index is 1420. The van der Waals surface area contributed by atoms with Crippen molar-refractivity contribution in [3.63, 3.8) is 0 Å². The molecule has 3 aromatic heterocycles. The van der Waals surface area contributed by atoms with Crippen LogP contribution in [0.25, 0.3) is 11.3 Å². The van der Waals surface area contributed by atoms with Gasteiger partial charge >= 0.3 is 0 Å². The van der Waals surface area contributed by atoms with Crippen LogP contribution in [0.3, 0.4) is 0 Å². The molecule has 0 radical (unpaired) electrons. The second-order valence-electron chi connectivity index (χ2n) is 9.63. The van der Waals surface area contributed by atoms with E-state index < -0.39 is 0 Å². The maximum atomic E-state index is 9.90. The first-order valence-electron chi connectivity index (χ1n) is 13.5. The minimum atomic E-state index is -0.210. The summed E-state index contributed by atoms with van der Waals surface area (Å²) >= 11 is 0. The first kappa shape index (κ1) is 26.1. The average molecular weight is 520 g/mol. The molecule has 0 spiro atoms. The van der Waals surface area contributed by atoms with Crippen molar-refractivity contribution >= 4 is 23.1 Å². The number of aliphatic hydroxyl groups is 1. The van der Waals surface area contributed by atoms with Gasteiger partial charge in [0.05, 0.1) is 17.4 Å². The van der Waals surface area contributed by atoms with Crippen LogP contribution in [-0.2, 0) is 0 Å². The number of aromatic nitrogens is 4. The van der Waals surface area contributed by atoms with Gasteiger partial charge in [-0.2, -0.15) is 4.98 Å². The minimum absolute atomic E-state index is 0.210. The molecule has 3 heterocycles. The van der Waals surface area contributed by atoms with Crippen molar-refractivity contribution < 1.29 is 5.11 Å². The molecule has 4 N–H and O–H groups in total. The van der Waals surface area contributed by atoms with Crippen molar-refractivity contribution in [2.45, 2.75) is 51.2 Å². The Hall–Kier alpha value is -4.48. The number of benzene rings is 1. The molecule has 198 valence electrons. The van der Waals surface area contributed by atoms with E-state index in [4.69, 9.17) is 4.98 Å². The summed E-state index contributed by atoms with van der Waals surface area (Å²) in [5.41, 5.74) is 5.17. The van der Waals surface area contributed by atoms with Crippen molar-refractivity contribution in [1.82, 2.24) is 19.9 Å². The zero-order chi connectivity index (χ0) is 26.9. The fraction of sp³-hybridized carbons (Fsp3) is 0.290. The number of nitrogens with zero attached hydrogens (tertiary/aromatic N) is 4. The average Bonchev–Trinajstić information content (AvgIpc) is 2.98. The molecule has 0 atom stereocenters. The summed E-state index contributed by atoms with van der Waals surface area (Å²) in [7, 11) is 0. The van der Waals surface area contributed by atoms with E-state index in [1.165, 1.54) is 0 Å². The molecule has 0 unspecified atom stereocenters. The molecule has 0 bridgehead atoms. The molecular weight excluding hydrogens is 486 g/mol. The normalized spacial score (nSPS) is 16.6. The quantitative estimate of drug-likeness (QED) is 0.222. The van der Waals surface area contributed by atoms with Crippen LogP contribution in [-0.4, -0.2) is 43.7 Å². The molecule has 5 rings (SSSR count). The maximum Gasteiger partial charge on any atom is 0.229 e. The van der Waals surface area contributed by atoms with Crippen LogP contribution in [0, 0.1) is 11.8 Å². The van der Waals surface area contributed by atoms with Gasteiger partial charge in [0.2, 0.25) is 5.95 Å². The summed E-state index contributed by atoms with van der Waals surface area (Å²) < 4.78 is 0. The SMILES string of the molecule is CCCNc1ccnc(C#Cc2ccc(Nc3ncc(-c4ccccn4)c(NC4CCC(O)CC4)n3)cc2)c1. The molecule has 0 amide bonds. The second kappa shape index (κ2) is 12.9. The van der Waals surface area contributed by atoms with Crippen LogP contribution in [0.4, 0.5) is 23.1 Å². The summed E-state index contributed by atoms with van der Waals surface area (Å²) in [6.07, 6.45) is 9.56. The molecule has 8 nitrogen and oxygen atoms in total. The van der Waals surface area contributed by atoms with E-state index >= 15 is 0 Å². The first-order chi connectivity index (χ1) is 19.2. The van der Waals surface area contributed by atoms with Gasteiger partial charge in [0.1, 0.15) is 11.5 Å². The smallest absolute Gasteiger partial charge is 0.229 e. The number of anilines is 4. The molecular formula is C31H33N7O. The van der Waals surface area contributed by atoms with Crippen molar-refractivity contribution in [3.8, 4) is 23.1 Å². The number of rotatable bonds is 8. The number of hydrogen-bond acceptors (Lipinski definition) is 8. The highest BCUT2D eigenvalue weighted by molar-refractivity contribution is 5.73. The summed E-state index contributed by atoms with van der Waals surface area (Å²) in [4.78, 5) is 18.2. The molecule has 1 aromatic carbocycles. The Labute approximate surface area is 229 Å². The Balaban J connectivity index is 1.30. The van der Waals surface area contributed by atoms with Gasteiger partial charge in [-0.05, 0) is 86.6 Å². The molecule has 1 aliphatic rings. The van der Waals surface area contributed by atoms with Gasteiger partial charge < -0.3 is 21.1 Å². The topological polar surface area (TPSA) is 108 Å². The maximum absolute atomic E-state index is 9.90. The van der Waals surface area contributed by atoms with Crippen LogP contribution in [0.2, 0.25) is 0 Å². The molecule has 8 heteroatoms. The van der Waals surface area contributed by atoms with E-state index in [1.807, 2.05) is 54.6 Å². The zero-order valence-electron chi connectivity index (χ0n) is 22.1. The van der Waals surface area contributed by atoms with E-state index in [1.54, 1.807) is 18.6 Å². The fourth-order valence-corrected chi connectivity index (χ4v) is 4.46. The van der Waals surface area contributed by atoms with Gasteiger partial charge in [0.15, 0.2) is 0 Å². The Morgan fingerprint density at radius 1 is 0.897 bits per heavy atom. The van der Waals surface area contributed by atoms with Crippen LogP contribution < -0.4 is 16.0 Å². The lowest BCUT2D eigenvalue weighted by molar-refractivity contribution is 0.126. The van der Waals surface area contributed by atoms with Gasteiger partial charge in [-0.25, -0.2) is 9.97 Å². The lowest BCUT2D eigenvalue weighted by Crippen LogP contribution is -2.29. The highest BCUT2D eigenvalue weighted by Crippen LogP contribution is 2.29. The summed E-state index contributed by atoms with van der Waals surface area (Å²) in [6, 6.07) is 17.8. The molecule has 0 aliphatic heterocycles. The number of aliphatic hydroxyl groups excluding tert-OH is 1. The monoisotopic (exact) mass is 519 g/mol. The van der Waals surface area contributed by atoms with Gasteiger partial charge in [-0.15, -0.1) is 0 Å². The van der Waals surface area contributed by atoms with Crippen LogP contribution in [0.1, 0.15) is 50.3 Å². The van der Waals surface area contributed by atoms with Gasteiger partial charge in [0.25, 0.3) is 0 Å². The summed E-state index contributed by atoms with van der Waals surface area (Å²) in [6.45, 7) is 3.06. The van der Waals surface area contributed by atoms with Gasteiger partial charge in [0, 0.05) is 48.1 Å². The molecule has 39 heavy (non-hydrogen) atoms. The van der Waals surface area contributed by atoms with Crippen molar-refractivity contribution in [2.75, 3.05) is 22.5 Å². The fourth-order valence-electron chi connectivity index (χ4n) is 4.46. The number of pyridine rings is 2. The third-order valence-corrected chi connectivity index (χ3v) is 6.58. The standard InChI is InChI=1S/C31H33N7O/c1-2-17-32-26-16-19-33-25(20-26)11-8-22-6-9-24(10-7-22)37-31-35-21-28(29-5-3-4-18-34-29)30(38-31)36-23-12-14-27(39)15-13-23/h3-7,9-10,16,18-21,23,27,39H,2,12-15,17H2,1H3,(H,32,33)(H2,35,36,37,38). The highest BCUT2D eigenvalue weighted by atomic mass is 16.3. The van der Waals surface area contributed by atoms with Gasteiger partial charge in [-0.3, -0.25) is 4.98 Å². The first-order valence-corrected chi connectivity index (χ1v) is 13.5. The van der Waals surface area contributed by atoms with Crippen molar-refractivity contribution in [2.24, 2.45) is 0 Å². The predicted octanol–water partition coefficient (Wildman–Crippen LogP) is 5.61. The number of nitrogens with one attached hydrogen (secondary N) is 3. The Kier molecular flexibility index (Phi) is 8.61. The minimum Gasteiger partial charge on any atom is -0.393 e. The number of hydrogen-bond donors (Lipinski definition) is 4. The van der Waals surface area contributed by atoms with Crippen molar-refractivity contribution in [1.29, 1.82) is 0 Å². The lowest BCUT2D eigenvalue weighted by atomic mass is 9.93. The van der Waals surface area contributed by atoms with Gasteiger partial charge in [-0.1, -0.05) is 18.9 Å². The summed E-state index contributed by atoms with van der Waals surface area (Å²) in [5, 5.41) is 20.1. The Morgan fingerprint density at radius 2 is 1.74 bits per heavy atom. The third kappa shape index (κ3) is 7.30. The molecule has 0 saturated heterocycles. The van der Waals surface area contributed by atoms with Crippen molar-refractivity contribution in [3.05, 3.63) is 84.4 Å². The predicted molar refractivity (Wildman–Crippen MR) is 156 cm³/mol. The molecule has 1 fully saturated rings. The summed E-state index contributed by atoms with van der Waals surface area (Å²) in [5.74, 6) is 7.55. The second-order valence-corrected chi connectivity index (χ2v) is 9.63. The van der Waals surface area contributed by atoms with E-state index in [0.29, 0.717) is 5.95 Å². The lowest BCUT2D eigenvalue weighted by Gasteiger charge is -2.27.